The minimum absolute atomic E-state index is 0.363. The average molecular weight is 327 g/mol. The molecule has 1 saturated heterocycles. The molecular formula is C19H21NO4. The van der Waals surface area contributed by atoms with E-state index in [2.05, 4.69) is 4.90 Å². The molecule has 0 spiro atoms. The molecule has 24 heavy (non-hydrogen) atoms. The second-order valence-electron chi connectivity index (χ2n) is 5.61. The van der Waals surface area contributed by atoms with Crippen LogP contribution < -0.4 is 9.47 Å². The largest absolute Gasteiger partial charge is 0.465 e. The number of benzene rings is 2. The summed E-state index contributed by atoms with van der Waals surface area (Å²) in [6.45, 7) is 1.88. The highest BCUT2D eigenvalue weighted by Crippen LogP contribution is 2.21. The summed E-state index contributed by atoms with van der Waals surface area (Å²) in [6.07, 6.45) is 1.79. The summed E-state index contributed by atoms with van der Waals surface area (Å²) in [5.41, 5.74) is 0.492. The number of para-hydroxylation sites is 1. The summed E-state index contributed by atoms with van der Waals surface area (Å²) in [6, 6.07) is 16.5. The van der Waals surface area contributed by atoms with Crippen LogP contribution >= 0.6 is 0 Å². The highest BCUT2D eigenvalue weighted by molar-refractivity contribution is 5.89. The van der Waals surface area contributed by atoms with Crippen molar-refractivity contribution < 1.29 is 19.0 Å². The summed E-state index contributed by atoms with van der Waals surface area (Å²) in [7, 11) is 1.36. The van der Waals surface area contributed by atoms with E-state index in [4.69, 9.17) is 14.2 Å². The molecular weight excluding hydrogens is 306 g/mol. The number of nitrogens with zero attached hydrogens (tertiary/aromatic N) is 1. The zero-order valence-corrected chi connectivity index (χ0v) is 13.7. The topological polar surface area (TPSA) is 48.0 Å². The van der Waals surface area contributed by atoms with Crippen LogP contribution in [0.4, 0.5) is 0 Å². The van der Waals surface area contributed by atoms with Gasteiger partial charge < -0.3 is 14.2 Å². The Morgan fingerprint density at radius 2 is 1.50 bits per heavy atom. The van der Waals surface area contributed by atoms with E-state index in [1.54, 1.807) is 24.3 Å². The first-order valence-corrected chi connectivity index (χ1v) is 8.07. The van der Waals surface area contributed by atoms with Gasteiger partial charge in [-0.25, -0.2) is 9.69 Å². The number of carbonyl (C=O) groups excluding carboxylic acids is 1. The quantitative estimate of drug-likeness (QED) is 0.602. The molecule has 1 atom stereocenters. The van der Waals surface area contributed by atoms with Gasteiger partial charge in [0.1, 0.15) is 11.5 Å². The lowest BCUT2D eigenvalue weighted by Crippen LogP contribution is -2.42. The van der Waals surface area contributed by atoms with E-state index in [-0.39, 0.29) is 5.97 Å². The molecule has 0 radical (unpaired) electrons. The van der Waals surface area contributed by atoms with E-state index in [1.807, 2.05) is 30.3 Å². The molecule has 1 unspecified atom stereocenters. The van der Waals surface area contributed by atoms with Crippen LogP contribution in [0.25, 0.3) is 0 Å². The van der Waals surface area contributed by atoms with Crippen molar-refractivity contribution in [3.63, 3.8) is 0 Å². The van der Waals surface area contributed by atoms with Gasteiger partial charge in [-0.15, -0.1) is 0 Å². The van der Waals surface area contributed by atoms with Gasteiger partial charge in [0.2, 0.25) is 0 Å². The molecule has 1 heterocycles. The molecule has 126 valence electrons. The maximum Gasteiger partial charge on any atom is 0.337 e. The van der Waals surface area contributed by atoms with Crippen LogP contribution in [0.5, 0.6) is 11.5 Å². The predicted molar refractivity (Wildman–Crippen MR) is 90.1 cm³/mol. The van der Waals surface area contributed by atoms with Gasteiger partial charge in [0.25, 0.3) is 0 Å². The Bertz CT molecular complexity index is 651. The second-order valence-corrected chi connectivity index (χ2v) is 5.61. The van der Waals surface area contributed by atoms with E-state index in [1.165, 1.54) is 7.11 Å². The molecule has 0 bridgehead atoms. The highest BCUT2D eigenvalue weighted by atomic mass is 16.7. The fraction of sp³-hybridized carbons (Fsp3) is 0.316. The lowest BCUT2D eigenvalue weighted by Gasteiger charge is -2.28. The molecule has 0 amide bonds. The third kappa shape index (κ3) is 4.06. The van der Waals surface area contributed by atoms with Gasteiger partial charge >= 0.3 is 12.4 Å². The molecule has 0 saturated carbocycles. The molecule has 0 aromatic heterocycles. The molecule has 0 N–H and O–H groups in total. The summed E-state index contributed by atoms with van der Waals surface area (Å²) < 4.78 is 16.7. The van der Waals surface area contributed by atoms with Gasteiger partial charge in [-0.05, 0) is 49.2 Å². The molecule has 3 rings (SSSR count). The normalized spacial score (nSPS) is 15.7. The van der Waals surface area contributed by atoms with Crippen LogP contribution in [-0.4, -0.2) is 37.5 Å². The number of carbonyl (C=O) groups is 1. The zero-order chi connectivity index (χ0) is 16.8. The summed E-state index contributed by atoms with van der Waals surface area (Å²) in [5, 5.41) is 0. The van der Waals surface area contributed by atoms with Crippen molar-refractivity contribution in [1.82, 2.24) is 4.90 Å². The van der Waals surface area contributed by atoms with Gasteiger partial charge in [0.05, 0.1) is 12.7 Å². The summed E-state index contributed by atoms with van der Waals surface area (Å²) in [5.74, 6) is 1.05. The first-order valence-electron chi connectivity index (χ1n) is 8.07. The van der Waals surface area contributed by atoms with Gasteiger partial charge in [0.15, 0.2) is 0 Å². The van der Waals surface area contributed by atoms with Crippen LogP contribution in [-0.2, 0) is 4.74 Å². The van der Waals surface area contributed by atoms with Crippen molar-refractivity contribution in [1.29, 1.82) is 0 Å². The zero-order valence-electron chi connectivity index (χ0n) is 13.7. The van der Waals surface area contributed by atoms with Crippen LogP contribution in [0.1, 0.15) is 23.2 Å². The Balaban J connectivity index is 1.72. The predicted octanol–water partition coefficient (Wildman–Crippen LogP) is 3.31. The smallest absolute Gasteiger partial charge is 0.337 e. The molecule has 2 aromatic carbocycles. The van der Waals surface area contributed by atoms with Crippen LogP contribution in [0.2, 0.25) is 0 Å². The van der Waals surface area contributed by atoms with E-state index in [0.29, 0.717) is 11.3 Å². The maximum absolute atomic E-state index is 11.5. The minimum Gasteiger partial charge on any atom is -0.465 e. The van der Waals surface area contributed by atoms with Crippen LogP contribution in [0.15, 0.2) is 54.6 Å². The van der Waals surface area contributed by atoms with Gasteiger partial charge in [0, 0.05) is 13.1 Å². The number of ether oxygens (including phenoxy) is 3. The molecule has 1 aliphatic heterocycles. The number of hydrogen-bond acceptors (Lipinski definition) is 5. The van der Waals surface area contributed by atoms with Crippen molar-refractivity contribution in [3.8, 4) is 11.5 Å². The maximum atomic E-state index is 11.5. The average Bonchev–Trinajstić information content (AvgIpc) is 3.17. The van der Waals surface area contributed by atoms with Crippen molar-refractivity contribution in [2.75, 3.05) is 20.2 Å². The van der Waals surface area contributed by atoms with Gasteiger partial charge in [-0.3, -0.25) is 0 Å². The molecule has 5 heteroatoms. The summed E-state index contributed by atoms with van der Waals surface area (Å²) in [4.78, 5) is 13.7. The van der Waals surface area contributed by atoms with Gasteiger partial charge in [-0.1, -0.05) is 18.2 Å². The Kier molecular flexibility index (Phi) is 5.33. The lowest BCUT2D eigenvalue weighted by atomic mass is 10.2. The first kappa shape index (κ1) is 16.3. The molecule has 2 aromatic rings. The molecule has 0 aliphatic carbocycles. The fourth-order valence-corrected chi connectivity index (χ4v) is 2.64. The highest BCUT2D eigenvalue weighted by Gasteiger charge is 2.25. The second kappa shape index (κ2) is 7.84. The Hall–Kier alpha value is -2.53. The van der Waals surface area contributed by atoms with Crippen molar-refractivity contribution in [2.24, 2.45) is 0 Å². The fourth-order valence-electron chi connectivity index (χ4n) is 2.64. The lowest BCUT2D eigenvalue weighted by molar-refractivity contribution is -0.106. The first-order chi connectivity index (χ1) is 11.8. The van der Waals surface area contributed by atoms with Crippen LogP contribution in [0, 0.1) is 0 Å². The molecule has 5 nitrogen and oxygen atoms in total. The summed E-state index contributed by atoms with van der Waals surface area (Å²) >= 11 is 0. The van der Waals surface area contributed by atoms with Crippen molar-refractivity contribution >= 4 is 5.97 Å². The SMILES string of the molecule is COC(=O)c1ccc(OC(Oc2ccccc2)N2CCCC2)cc1. The number of likely N-dealkylation sites (tertiary alicyclic amines) is 1. The number of rotatable bonds is 6. The Morgan fingerprint density at radius 1 is 0.917 bits per heavy atom. The minimum atomic E-state index is -0.487. The number of methoxy groups -OCH3 is 1. The van der Waals surface area contributed by atoms with Crippen LogP contribution in [0.3, 0.4) is 0 Å². The molecule has 1 fully saturated rings. The monoisotopic (exact) mass is 327 g/mol. The van der Waals surface area contributed by atoms with Gasteiger partial charge in [-0.2, -0.15) is 0 Å². The van der Waals surface area contributed by atoms with Crippen molar-refractivity contribution in [3.05, 3.63) is 60.2 Å². The number of hydrogen-bond donors (Lipinski definition) is 0. The van der Waals surface area contributed by atoms with E-state index < -0.39 is 6.41 Å². The number of esters is 1. The Morgan fingerprint density at radius 3 is 2.08 bits per heavy atom. The Labute approximate surface area is 141 Å². The van der Waals surface area contributed by atoms with E-state index >= 15 is 0 Å². The van der Waals surface area contributed by atoms with E-state index in [9.17, 15) is 4.79 Å². The third-order valence-corrected chi connectivity index (χ3v) is 3.93. The standard InChI is InChI=1S/C19H21NO4/c1-22-18(21)15-9-11-17(12-10-15)24-19(20-13-5-6-14-20)23-16-7-3-2-4-8-16/h2-4,7-12,19H,5-6,13-14H2,1H3. The van der Waals surface area contributed by atoms with Crippen molar-refractivity contribution in [2.45, 2.75) is 19.3 Å². The molecule has 1 aliphatic rings. The van der Waals surface area contributed by atoms with E-state index in [0.717, 1.165) is 31.7 Å². The third-order valence-electron chi connectivity index (χ3n) is 3.93.